The largest absolute Gasteiger partial charge is 0.481 e. The van der Waals surface area contributed by atoms with Gasteiger partial charge in [-0.25, -0.2) is 4.39 Å². The lowest BCUT2D eigenvalue weighted by Crippen LogP contribution is -2.46. The van der Waals surface area contributed by atoms with Crippen LogP contribution in [0.25, 0.3) is 0 Å². The molecule has 27 heavy (non-hydrogen) atoms. The van der Waals surface area contributed by atoms with Crippen LogP contribution in [0.2, 0.25) is 0 Å². The van der Waals surface area contributed by atoms with Gasteiger partial charge in [0.1, 0.15) is 11.2 Å². The summed E-state index contributed by atoms with van der Waals surface area (Å²) in [5, 5.41) is 14.9. The third kappa shape index (κ3) is 3.67. The molecule has 0 spiro atoms. The first kappa shape index (κ1) is 18.6. The van der Waals surface area contributed by atoms with Crippen molar-refractivity contribution < 1.29 is 23.9 Å². The van der Waals surface area contributed by atoms with Crippen LogP contribution in [0, 0.1) is 5.82 Å². The van der Waals surface area contributed by atoms with E-state index in [4.69, 9.17) is 0 Å². The highest BCUT2D eigenvalue weighted by Crippen LogP contribution is 2.33. The van der Waals surface area contributed by atoms with E-state index in [-0.39, 0.29) is 18.7 Å². The number of hydrogen-bond acceptors (Lipinski definition) is 3. The van der Waals surface area contributed by atoms with Gasteiger partial charge in [-0.05, 0) is 30.2 Å². The van der Waals surface area contributed by atoms with Crippen LogP contribution in [0.15, 0.2) is 48.5 Å². The number of halogens is 1. The molecule has 3 N–H and O–H groups in total. The molecule has 0 aliphatic carbocycles. The van der Waals surface area contributed by atoms with E-state index in [0.717, 1.165) is 6.07 Å². The number of hydrogen-bond donors (Lipinski definition) is 3. The number of fused-ring (bicyclic) bond motifs is 1. The quantitative estimate of drug-likeness (QED) is 0.753. The second kappa shape index (κ2) is 7.19. The van der Waals surface area contributed by atoms with Crippen molar-refractivity contribution in [3.8, 4) is 0 Å². The topological polar surface area (TPSA) is 95.5 Å². The number of nitrogens with one attached hydrogen (secondary N) is 2. The van der Waals surface area contributed by atoms with Gasteiger partial charge in [0.25, 0.3) is 0 Å². The van der Waals surface area contributed by atoms with E-state index in [0.29, 0.717) is 11.1 Å². The summed E-state index contributed by atoms with van der Waals surface area (Å²) in [5.41, 5.74) is 0.00165. The molecular formula is C20H19FN2O4. The molecule has 0 aromatic heterocycles. The molecule has 3 rings (SSSR count). The van der Waals surface area contributed by atoms with Gasteiger partial charge in [-0.3, -0.25) is 14.4 Å². The number of carbonyl (C=O) groups is 3. The molecule has 2 amide bonds. The minimum Gasteiger partial charge on any atom is -0.481 e. The molecule has 2 atom stereocenters. The number of carboxylic acids is 1. The second-order valence-electron chi connectivity index (χ2n) is 6.76. The maximum Gasteiger partial charge on any atom is 0.315 e. The van der Waals surface area contributed by atoms with E-state index in [1.54, 1.807) is 30.3 Å². The van der Waals surface area contributed by atoms with Crippen LogP contribution in [0.5, 0.6) is 0 Å². The summed E-state index contributed by atoms with van der Waals surface area (Å²) in [4.78, 5) is 36.4. The summed E-state index contributed by atoms with van der Waals surface area (Å²) in [6.45, 7) is 1.39. The number of rotatable bonds is 5. The molecule has 7 heteroatoms. The monoisotopic (exact) mass is 370 g/mol. The Labute approximate surface area is 155 Å². The molecule has 0 fully saturated rings. The third-order valence-electron chi connectivity index (χ3n) is 4.87. The van der Waals surface area contributed by atoms with Gasteiger partial charge in [0.2, 0.25) is 11.8 Å². The van der Waals surface area contributed by atoms with Crippen molar-refractivity contribution in [3.63, 3.8) is 0 Å². The fraction of sp³-hybridized carbons (Fsp3) is 0.250. The number of amides is 2. The first-order valence-electron chi connectivity index (χ1n) is 8.47. The van der Waals surface area contributed by atoms with Gasteiger partial charge in [-0.15, -0.1) is 0 Å². The van der Waals surface area contributed by atoms with Crippen molar-refractivity contribution in [2.45, 2.75) is 24.7 Å². The van der Waals surface area contributed by atoms with Crippen LogP contribution in [0.3, 0.4) is 0 Å². The van der Waals surface area contributed by atoms with Gasteiger partial charge in [0.15, 0.2) is 0 Å². The van der Waals surface area contributed by atoms with Crippen LogP contribution in [0.4, 0.5) is 10.1 Å². The number of carbonyl (C=O) groups excluding carboxylic acids is 2. The normalized spacial score (nSPS) is 18.0. The first-order chi connectivity index (χ1) is 12.8. The summed E-state index contributed by atoms with van der Waals surface area (Å²) < 4.78 is 13.4. The molecule has 0 saturated heterocycles. The summed E-state index contributed by atoms with van der Waals surface area (Å²) in [6, 6.07) is 12.5. The summed E-state index contributed by atoms with van der Waals surface area (Å²) in [7, 11) is 0. The highest BCUT2D eigenvalue weighted by molar-refractivity contribution is 6.01. The third-order valence-corrected chi connectivity index (χ3v) is 4.87. The van der Waals surface area contributed by atoms with E-state index in [2.05, 4.69) is 10.6 Å². The Morgan fingerprint density at radius 1 is 1.26 bits per heavy atom. The maximum absolute atomic E-state index is 13.4. The Kier molecular flexibility index (Phi) is 4.94. The van der Waals surface area contributed by atoms with Crippen molar-refractivity contribution in [2.75, 3.05) is 11.9 Å². The number of aliphatic carboxylic acids is 1. The van der Waals surface area contributed by atoms with Gasteiger partial charge in [-0.2, -0.15) is 0 Å². The zero-order chi connectivity index (χ0) is 19.6. The molecule has 6 nitrogen and oxygen atoms in total. The average Bonchev–Trinajstić information content (AvgIpc) is 2.65. The Morgan fingerprint density at radius 2 is 1.96 bits per heavy atom. The van der Waals surface area contributed by atoms with Gasteiger partial charge >= 0.3 is 5.97 Å². The van der Waals surface area contributed by atoms with Crippen molar-refractivity contribution >= 4 is 23.5 Å². The SMILES string of the molecule is CC(CNC(=O)C1CC(=O)Nc2cc(F)ccc21)(C(=O)O)c1ccccc1. The lowest BCUT2D eigenvalue weighted by molar-refractivity contribution is -0.143. The minimum atomic E-state index is -1.32. The summed E-state index contributed by atoms with van der Waals surface area (Å²) in [5.74, 6) is -3.25. The molecule has 1 aliphatic heterocycles. The number of anilines is 1. The molecule has 2 aromatic carbocycles. The lowest BCUT2D eigenvalue weighted by Gasteiger charge is -2.29. The zero-order valence-corrected chi connectivity index (χ0v) is 14.7. The van der Waals surface area contributed by atoms with E-state index >= 15 is 0 Å². The average molecular weight is 370 g/mol. The van der Waals surface area contributed by atoms with Crippen molar-refractivity contribution in [3.05, 3.63) is 65.5 Å². The predicted octanol–water partition coefficient (Wildman–Crippen LogP) is 2.41. The van der Waals surface area contributed by atoms with E-state index < -0.39 is 34.9 Å². The molecule has 0 bridgehead atoms. The molecule has 0 radical (unpaired) electrons. The van der Waals surface area contributed by atoms with Crippen molar-refractivity contribution in [1.82, 2.24) is 5.32 Å². The van der Waals surface area contributed by atoms with E-state index in [1.165, 1.54) is 19.1 Å². The number of carboxylic acid groups (broad SMARTS) is 1. The van der Waals surface area contributed by atoms with Crippen LogP contribution in [0.1, 0.15) is 30.4 Å². The highest BCUT2D eigenvalue weighted by atomic mass is 19.1. The van der Waals surface area contributed by atoms with Crippen LogP contribution >= 0.6 is 0 Å². The standard InChI is InChI=1S/C20H19FN2O4/c1-20(19(26)27,12-5-3-2-4-6-12)11-22-18(25)15-10-17(24)23-16-9-13(21)7-8-14(15)16/h2-9,15H,10-11H2,1H3,(H,22,25)(H,23,24)(H,26,27). The fourth-order valence-corrected chi connectivity index (χ4v) is 3.17. The Hall–Kier alpha value is -3.22. The molecule has 1 heterocycles. The molecule has 2 unspecified atom stereocenters. The Bertz CT molecular complexity index is 900. The second-order valence-corrected chi connectivity index (χ2v) is 6.76. The van der Waals surface area contributed by atoms with Gasteiger partial charge in [-0.1, -0.05) is 36.4 Å². The summed E-state index contributed by atoms with van der Waals surface area (Å²) in [6.07, 6.45) is -0.0837. The highest BCUT2D eigenvalue weighted by Gasteiger charge is 2.37. The Morgan fingerprint density at radius 3 is 2.63 bits per heavy atom. The van der Waals surface area contributed by atoms with Crippen LogP contribution in [-0.2, 0) is 19.8 Å². The number of benzene rings is 2. The Balaban J connectivity index is 1.81. The summed E-state index contributed by atoms with van der Waals surface area (Å²) >= 11 is 0. The fourth-order valence-electron chi connectivity index (χ4n) is 3.17. The van der Waals surface area contributed by atoms with Gasteiger partial charge in [0, 0.05) is 18.7 Å². The predicted molar refractivity (Wildman–Crippen MR) is 96.8 cm³/mol. The van der Waals surface area contributed by atoms with Crippen LogP contribution < -0.4 is 10.6 Å². The van der Waals surface area contributed by atoms with Crippen molar-refractivity contribution in [1.29, 1.82) is 0 Å². The maximum atomic E-state index is 13.4. The molecule has 140 valence electrons. The molecule has 1 aliphatic rings. The van der Waals surface area contributed by atoms with E-state index in [1.807, 2.05) is 0 Å². The zero-order valence-electron chi connectivity index (χ0n) is 14.7. The molecular weight excluding hydrogens is 351 g/mol. The first-order valence-corrected chi connectivity index (χ1v) is 8.47. The smallest absolute Gasteiger partial charge is 0.315 e. The van der Waals surface area contributed by atoms with Gasteiger partial charge < -0.3 is 15.7 Å². The van der Waals surface area contributed by atoms with E-state index in [9.17, 15) is 23.9 Å². The minimum absolute atomic E-state index is 0.0837. The lowest BCUT2D eigenvalue weighted by atomic mass is 9.82. The van der Waals surface area contributed by atoms with Crippen LogP contribution in [-0.4, -0.2) is 29.4 Å². The van der Waals surface area contributed by atoms with Gasteiger partial charge in [0.05, 0.1) is 5.92 Å². The molecule has 2 aromatic rings. The van der Waals surface area contributed by atoms with Crippen molar-refractivity contribution in [2.24, 2.45) is 0 Å². The molecule has 0 saturated carbocycles.